The van der Waals surface area contributed by atoms with Gasteiger partial charge in [0, 0.05) is 35.8 Å². The number of hydrogen-bond acceptors (Lipinski definition) is 3. The highest BCUT2D eigenvalue weighted by atomic mass is 35.5. The molecule has 0 unspecified atom stereocenters. The van der Waals surface area contributed by atoms with Crippen LogP contribution in [0.25, 0.3) is 0 Å². The van der Waals surface area contributed by atoms with Crippen molar-refractivity contribution in [1.29, 1.82) is 0 Å². The van der Waals surface area contributed by atoms with E-state index in [9.17, 15) is 9.59 Å². The predicted molar refractivity (Wildman–Crippen MR) is 98.1 cm³/mol. The van der Waals surface area contributed by atoms with Crippen molar-refractivity contribution in [3.8, 4) is 0 Å². The van der Waals surface area contributed by atoms with Crippen molar-refractivity contribution in [1.82, 2.24) is 10.2 Å². The summed E-state index contributed by atoms with van der Waals surface area (Å²) in [5.41, 5.74) is 1.17. The third-order valence-corrected chi connectivity index (χ3v) is 5.79. The van der Waals surface area contributed by atoms with E-state index in [4.69, 9.17) is 11.6 Å². The van der Waals surface area contributed by atoms with Crippen LogP contribution >= 0.6 is 23.4 Å². The molecule has 0 bridgehead atoms. The van der Waals surface area contributed by atoms with Gasteiger partial charge in [-0.25, -0.2) is 0 Å². The Morgan fingerprint density at radius 1 is 1.12 bits per heavy atom. The Bertz CT molecular complexity index is 581. The van der Waals surface area contributed by atoms with Gasteiger partial charge in [-0.05, 0) is 43.4 Å². The Morgan fingerprint density at radius 2 is 1.79 bits per heavy atom. The second-order valence-electron chi connectivity index (χ2n) is 6.56. The molecule has 0 atom stereocenters. The second kappa shape index (κ2) is 8.26. The molecule has 1 N–H and O–H groups in total. The van der Waals surface area contributed by atoms with Gasteiger partial charge in [0.1, 0.15) is 0 Å². The standard InChI is InChI=1S/C18H23ClN2O2S/c19-15-3-1-13(2-4-15)11-24-12-17(22)21-9-7-14(8-10-21)18(23)20-16-5-6-16/h1-4,14,16H,5-12H2,(H,20,23). The molecule has 1 saturated carbocycles. The molecule has 0 spiro atoms. The summed E-state index contributed by atoms with van der Waals surface area (Å²) >= 11 is 7.49. The van der Waals surface area contributed by atoms with Crippen LogP contribution in [0.2, 0.25) is 5.02 Å². The molecule has 0 aromatic heterocycles. The van der Waals surface area contributed by atoms with Crippen molar-refractivity contribution < 1.29 is 9.59 Å². The van der Waals surface area contributed by atoms with Gasteiger partial charge >= 0.3 is 0 Å². The largest absolute Gasteiger partial charge is 0.353 e. The summed E-state index contributed by atoms with van der Waals surface area (Å²) in [5, 5.41) is 3.80. The van der Waals surface area contributed by atoms with Crippen LogP contribution < -0.4 is 5.32 Å². The first-order valence-corrected chi connectivity index (χ1v) is 10.1. The lowest BCUT2D eigenvalue weighted by Gasteiger charge is -2.31. The summed E-state index contributed by atoms with van der Waals surface area (Å²) in [6.45, 7) is 1.40. The van der Waals surface area contributed by atoms with Crippen LogP contribution in [-0.4, -0.2) is 41.6 Å². The minimum Gasteiger partial charge on any atom is -0.353 e. The van der Waals surface area contributed by atoms with Crippen LogP contribution in [0.3, 0.4) is 0 Å². The molecular weight excluding hydrogens is 344 g/mol. The van der Waals surface area contributed by atoms with Crippen LogP contribution in [-0.2, 0) is 15.3 Å². The number of likely N-dealkylation sites (tertiary alicyclic amines) is 1. The summed E-state index contributed by atoms with van der Waals surface area (Å²) in [5.74, 6) is 1.73. The summed E-state index contributed by atoms with van der Waals surface area (Å²) < 4.78 is 0. The maximum Gasteiger partial charge on any atom is 0.232 e. The monoisotopic (exact) mass is 366 g/mol. The van der Waals surface area contributed by atoms with Crippen LogP contribution in [0, 0.1) is 5.92 Å². The van der Waals surface area contributed by atoms with Gasteiger partial charge < -0.3 is 10.2 Å². The van der Waals surface area contributed by atoms with Crippen LogP contribution in [0.1, 0.15) is 31.2 Å². The lowest BCUT2D eigenvalue weighted by molar-refractivity contribution is -0.133. The van der Waals surface area contributed by atoms with E-state index in [-0.39, 0.29) is 17.7 Å². The zero-order valence-electron chi connectivity index (χ0n) is 13.7. The average Bonchev–Trinajstić information content (AvgIpc) is 3.40. The minimum atomic E-state index is 0.0800. The molecule has 3 rings (SSSR count). The summed E-state index contributed by atoms with van der Waals surface area (Å²) in [6.07, 6.45) is 3.81. The van der Waals surface area contributed by atoms with Crippen LogP contribution in [0.5, 0.6) is 0 Å². The lowest BCUT2D eigenvalue weighted by atomic mass is 9.96. The first-order chi connectivity index (χ1) is 11.6. The van der Waals surface area contributed by atoms with Gasteiger partial charge in [0.25, 0.3) is 0 Å². The van der Waals surface area contributed by atoms with Crippen molar-refractivity contribution in [2.75, 3.05) is 18.8 Å². The molecule has 1 heterocycles. The number of rotatable bonds is 6. The average molecular weight is 367 g/mol. The number of carbonyl (C=O) groups excluding carboxylic acids is 2. The van der Waals surface area contributed by atoms with Crippen LogP contribution in [0.4, 0.5) is 0 Å². The number of amides is 2. The molecule has 1 saturated heterocycles. The van der Waals surface area contributed by atoms with Gasteiger partial charge in [0.05, 0.1) is 5.75 Å². The van der Waals surface area contributed by atoms with Gasteiger partial charge in [-0.3, -0.25) is 9.59 Å². The minimum absolute atomic E-state index is 0.0800. The van der Waals surface area contributed by atoms with E-state index in [1.54, 1.807) is 11.8 Å². The summed E-state index contributed by atoms with van der Waals surface area (Å²) in [6, 6.07) is 8.14. The fraction of sp³-hybridized carbons (Fsp3) is 0.556. The molecule has 2 aliphatic rings. The Hall–Kier alpha value is -1.20. The van der Waals surface area contributed by atoms with Crippen molar-refractivity contribution >= 4 is 35.2 Å². The van der Waals surface area contributed by atoms with Crippen molar-refractivity contribution in [2.24, 2.45) is 5.92 Å². The highest BCUT2D eigenvalue weighted by Gasteiger charge is 2.30. The van der Waals surface area contributed by atoms with E-state index < -0.39 is 0 Å². The second-order valence-corrected chi connectivity index (χ2v) is 7.98. The fourth-order valence-corrected chi connectivity index (χ4v) is 3.88. The SMILES string of the molecule is O=C(NC1CC1)C1CCN(C(=O)CSCc2ccc(Cl)cc2)CC1. The van der Waals surface area contributed by atoms with Gasteiger partial charge in [0.2, 0.25) is 11.8 Å². The maximum atomic E-state index is 12.3. The molecule has 1 aliphatic heterocycles. The number of thioether (sulfide) groups is 1. The number of carbonyl (C=O) groups is 2. The molecule has 1 aromatic rings. The van der Waals surface area contributed by atoms with E-state index in [2.05, 4.69) is 5.32 Å². The maximum absolute atomic E-state index is 12.3. The van der Waals surface area contributed by atoms with Gasteiger partial charge in [-0.1, -0.05) is 23.7 Å². The number of hydrogen-bond donors (Lipinski definition) is 1. The quantitative estimate of drug-likeness (QED) is 0.841. The number of nitrogens with one attached hydrogen (secondary N) is 1. The van der Waals surface area contributed by atoms with E-state index in [1.807, 2.05) is 29.2 Å². The van der Waals surface area contributed by atoms with Crippen LogP contribution in [0.15, 0.2) is 24.3 Å². The number of piperidine rings is 1. The van der Waals surface area contributed by atoms with E-state index in [0.29, 0.717) is 24.9 Å². The Kier molecular flexibility index (Phi) is 6.06. The molecular formula is C18H23ClN2O2S. The van der Waals surface area contributed by atoms with Gasteiger partial charge in [0.15, 0.2) is 0 Å². The third kappa shape index (κ3) is 5.15. The van der Waals surface area contributed by atoms with E-state index >= 15 is 0 Å². The number of halogens is 1. The first-order valence-electron chi connectivity index (χ1n) is 8.52. The Morgan fingerprint density at radius 3 is 2.42 bits per heavy atom. The zero-order chi connectivity index (χ0) is 16.9. The normalized spacial score (nSPS) is 18.5. The highest BCUT2D eigenvalue weighted by molar-refractivity contribution is 7.99. The van der Waals surface area contributed by atoms with E-state index in [0.717, 1.165) is 36.5 Å². The highest BCUT2D eigenvalue weighted by Crippen LogP contribution is 2.23. The number of nitrogens with zero attached hydrogens (tertiary/aromatic N) is 1. The molecule has 1 aliphatic carbocycles. The fourth-order valence-electron chi connectivity index (χ4n) is 2.87. The molecule has 24 heavy (non-hydrogen) atoms. The van der Waals surface area contributed by atoms with Crippen molar-refractivity contribution in [2.45, 2.75) is 37.5 Å². The van der Waals surface area contributed by atoms with Crippen molar-refractivity contribution in [3.63, 3.8) is 0 Å². The molecule has 1 aromatic carbocycles. The predicted octanol–water partition coefficient (Wildman–Crippen LogP) is 3.09. The molecule has 0 radical (unpaired) electrons. The van der Waals surface area contributed by atoms with Crippen molar-refractivity contribution in [3.05, 3.63) is 34.9 Å². The smallest absolute Gasteiger partial charge is 0.232 e. The number of benzene rings is 1. The molecule has 4 nitrogen and oxygen atoms in total. The lowest BCUT2D eigenvalue weighted by Crippen LogP contribution is -2.44. The van der Waals surface area contributed by atoms with Gasteiger partial charge in [-0.15, -0.1) is 11.8 Å². The molecule has 6 heteroatoms. The van der Waals surface area contributed by atoms with Gasteiger partial charge in [-0.2, -0.15) is 0 Å². The summed E-state index contributed by atoms with van der Waals surface area (Å²) in [4.78, 5) is 26.2. The Balaban J connectivity index is 1.35. The topological polar surface area (TPSA) is 49.4 Å². The molecule has 130 valence electrons. The summed E-state index contributed by atoms with van der Waals surface area (Å²) in [7, 11) is 0. The zero-order valence-corrected chi connectivity index (χ0v) is 15.2. The first kappa shape index (κ1) is 17.6. The molecule has 2 amide bonds. The molecule has 2 fully saturated rings. The van der Waals surface area contributed by atoms with E-state index in [1.165, 1.54) is 5.56 Å². The third-order valence-electron chi connectivity index (χ3n) is 4.55. The Labute approximate surface area is 152 Å².